The van der Waals surface area contributed by atoms with E-state index in [2.05, 4.69) is 5.32 Å². The van der Waals surface area contributed by atoms with Crippen molar-refractivity contribution in [2.45, 2.75) is 46.1 Å². The number of benzene rings is 2. The van der Waals surface area contributed by atoms with Crippen molar-refractivity contribution in [3.63, 3.8) is 0 Å². The number of nitrogens with one attached hydrogen (secondary N) is 1. The molecule has 0 aliphatic carbocycles. The van der Waals surface area contributed by atoms with Crippen molar-refractivity contribution >= 4 is 23.2 Å². The lowest BCUT2D eigenvalue weighted by Gasteiger charge is -2.16. The van der Waals surface area contributed by atoms with Crippen LogP contribution in [0.1, 0.15) is 55.5 Å². The molecular formula is C24H29N3O6. The van der Waals surface area contributed by atoms with Crippen molar-refractivity contribution in [3.05, 3.63) is 57.6 Å². The lowest BCUT2D eigenvalue weighted by atomic mass is 10.1. The van der Waals surface area contributed by atoms with Gasteiger partial charge in [-0.1, -0.05) is 26.0 Å². The topological polar surface area (TPSA) is 111 Å². The smallest absolute Gasteiger partial charge is 0.296 e. The van der Waals surface area contributed by atoms with Crippen LogP contribution in [-0.4, -0.2) is 41.4 Å². The van der Waals surface area contributed by atoms with Gasteiger partial charge in [0.15, 0.2) is 11.5 Å². The van der Waals surface area contributed by atoms with E-state index in [4.69, 9.17) is 9.47 Å². The summed E-state index contributed by atoms with van der Waals surface area (Å²) in [6, 6.07) is 9.57. The highest BCUT2D eigenvalue weighted by atomic mass is 16.6. The largest absolute Gasteiger partial charge is 0.490 e. The molecule has 3 rings (SSSR count). The Morgan fingerprint density at radius 1 is 1.09 bits per heavy atom. The predicted molar refractivity (Wildman–Crippen MR) is 124 cm³/mol. The van der Waals surface area contributed by atoms with Crippen molar-refractivity contribution < 1.29 is 24.0 Å². The minimum atomic E-state index is -0.561. The standard InChI is InChI=1S/C24H29N3O6/c1-3-12-32-21-14-19(20(27(30)31)15-22(21)33-13-4-2)25-24(29)18-9-7-17(8-10-18)16-26-11-5-6-23(26)28/h7-10,14-15H,3-6,11-13,16H2,1-2H3,(H,25,29). The lowest BCUT2D eigenvalue weighted by molar-refractivity contribution is -0.384. The van der Waals surface area contributed by atoms with Crippen molar-refractivity contribution in [2.75, 3.05) is 25.1 Å². The van der Waals surface area contributed by atoms with Gasteiger partial charge in [0.1, 0.15) is 5.69 Å². The highest BCUT2D eigenvalue weighted by Gasteiger charge is 2.23. The molecule has 2 aromatic rings. The van der Waals surface area contributed by atoms with Crippen LogP contribution in [0.3, 0.4) is 0 Å². The van der Waals surface area contributed by atoms with Gasteiger partial charge in [0.05, 0.1) is 24.2 Å². The van der Waals surface area contributed by atoms with Crippen LogP contribution in [0.4, 0.5) is 11.4 Å². The van der Waals surface area contributed by atoms with E-state index in [0.29, 0.717) is 37.5 Å². The number of hydrogen-bond donors (Lipinski definition) is 1. The van der Waals surface area contributed by atoms with Gasteiger partial charge >= 0.3 is 0 Å². The van der Waals surface area contributed by atoms with Crippen molar-refractivity contribution in [2.24, 2.45) is 0 Å². The van der Waals surface area contributed by atoms with E-state index in [1.54, 1.807) is 29.2 Å². The molecule has 1 saturated heterocycles. The van der Waals surface area contributed by atoms with E-state index in [-0.39, 0.29) is 23.0 Å². The molecule has 0 aromatic heterocycles. The first-order valence-electron chi connectivity index (χ1n) is 11.2. The zero-order chi connectivity index (χ0) is 23.8. The Labute approximate surface area is 192 Å². The molecule has 1 fully saturated rings. The number of hydrogen-bond acceptors (Lipinski definition) is 6. The summed E-state index contributed by atoms with van der Waals surface area (Å²) in [5.41, 5.74) is 1.03. The second kappa shape index (κ2) is 11.3. The third-order valence-corrected chi connectivity index (χ3v) is 5.19. The first-order valence-corrected chi connectivity index (χ1v) is 11.2. The summed E-state index contributed by atoms with van der Waals surface area (Å²) >= 11 is 0. The molecule has 1 aliphatic rings. The number of carbonyl (C=O) groups is 2. The SMILES string of the molecule is CCCOc1cc(NC(=O)c2ccc(CN3CCCC3=O)cc2)c([N+](=O)[O-])cc1OCCC. The molecule has 9 heteroatoms. The van der Waals surface area contributed by atoms with E-state index in [0.717, 1.165) is 31.4 Å². The second-order valence-electron chi connectivity index (χ2n) is 7.84. The van der Waals surface area contributed by atoms with Crippen LogP contribution in [0.15, 0.2) is 36.4 Å². The minimum Gasteiger partial charge on any atom is -0.490 e. The highest BCUT2D eigenvalue weighted by molar-refractivity contribution is 6.05. The van der Waals surface area contributed by atoms with Gasteiger partial charge in [-0.15, -0.1) is 0 Å². The Bertz CT molecular complexity index is 1010. The van der Waals surface area contributed by atoms with E-state index >= 15 is 0 Å². The molecule has 1 N–H and O–H groups in total. The maximum Gasteiger partial charge on any atom is 0.296 e. The maximum absolute atomic E-state index is 12.8. The van der Waals surface area contributed by atoms with E-state index in [1.807, 2.05) is 13.8 Å². The average Bonchev–Trinajstić information content (AvgIpc) is 3.21. The van der Waals surface area contributed by atoms with Crippen LogP contribution in [0.2, 0.25) is 0 Å². The number of anilines is 1. The normalized spacial score (nSPS) is 13.2. The summed E-state index contributed by atoms with van der Waals surface area (Å²) < 4.78 is 11.3. The molecule has 0 unspecified atom stereocenters. The molecule has 9 nitrogen and oxygen atoms in total. The fraction of sp³-hybridized carbons (Fsp3) is 0.417. The average molecular weight is 456 g/mol. The third kappa shape index (κ3) is 6.21. The van der Waals surface area contributed by atoms with Gasteiger partial charge in [0.25, 0.3) is 11.6 Å². The molecular weight excluding hydrogens is 426 g/mol. The summed E-state index contributed by atoms with van der Waals surface area (Å²) in [6.07, 6.45) is 2.93. The summed E-state index contributed by atoms with van der Waals surface area (Å²) in [5, 5.41) is 14.3. The zero-order valence-corrected chi connectivity index (χ0v) is 19.0. The monoisotopic (exact) mass is 455 g/mol. The van der Waals surface area contributed by atoms with Crippen LogP contribution < -0.4 is 14.8 Å². The van der Waals surface area contributed by atoms with Crippen LogP contribution in [-0.2, 0) is 11.3 Å². The van der Waals surface area contributed by atoms with Crippen LogP contribution in [0.5, 0.6) is 11.5 Å². The van der Waals surface area contributed by atoms with E-state index in [1.165, 1.54) is 12.1 Å². The van der Waals surface area contributed by atoms with Gasteiger partial charge < -0.3 is 19.7 Å². The molecule has 1 aliphatic heterocycles. The summed E-state index contributed by atoms with van der Waals surface area (Å²) in [5.74, 6) is 0.273. The van der Waals surface area contributed by atoms with Crippen molar-refractivity contribution in [1.82, 2.24) is 4.90 Å². The molecule has 1 heterocycles. The van der Waals surface area contributed by atoms with Gasteiger partial charge in [-0.3, -0.25) is 19.7 Å². The number of rotatable bonds is 11. The molecule has 2 amide bonds. The van der Waals surface area contributed by atoms with Gasteiger partial charge in [-0.25, -0.2) is 0 Å². The summed E-state index contributed by atoms with van der Waals surface area (Å²) in [7, 11) is 0. The zero-order valence-electron chi connectivity index (χ0n) is 19.0. The molecule has 2 aromatic carbocycles. The van der Waals surface area contributed by atoms with Crippen LogP contribution >= 0.6 is 0 Å². The quantitative estimate of drug-likeness (QED) is 0.393. The predicted octanol–water partition coefficient (Wildman–Crippen LogP) is 4.55. The molecule has 0 bridgehead atoms. The summed E-state index contributed by atoms with van der Waals surface area (Å²) in [4.78, 5) is 37.5. The maximum atomic E-state index is 12.8. The third-order valence-electron chi connectivity index (χ3n) is 5.19. The Morgan fingerprint density at radius 3 is 2.27 bits per heavy atom. The molecule has 0 saturated carbocycles. The molecule has 0 spiro atoms. The number of nitrogens with zero attached hydrogens (tertiary/aromatic N) is 2. The van der Waals surface area contributed by atoms with Crippen LogP contribution in [0.25, 0.3) is 0 Å². The Kier molecular flexibility index (Phi) is 8.23. The Morgan fingerprint density at radius 2 is 1.73 bits per heavy atom. The number of carbonyl (C=O) groups excluding carboxylic acids is 2. The number of nitro groups is 1. The van der Waals surface area contributed by atoms with Crippen LogP contribution in [0, 0.1) is 10.1 Å². The first-order chi connectivity index (χ1) is 15.9. The Hall–Kier alpha value is -3.62. The minimum absolute atomic E-state index is 0.0340. The molecule has 33 heavy (non-hydrogen) atoms. The second-order valence-corrected chi connectivity index (χ2v) is 7.84. The fourth-order valence-electron chi connectivity index (χ4n) is 3.50. The fourth-order valence-corrected chi connectivity index (χ4v) is 3.50. The van der Waals surface area contributed by atoms with Gasteiger partial charge in [-0.05, 0) is 37.0 Å². The highest BCUT2D eigenvalue weighted by Crippen LogP contribution is 2.38. The lowest BCUT2D eigenvalue weighted by Crippen LogP contribution is -2.23. The summed E-state index contributed by atoms with van der Waals surface area (Å²) in [6.45, 7) is 5.93. The van der Waals surface area contributed by atoms with Crippen molar-refractivity contribution in [1.29, 1.82) is 0 Å². The number of amides is 2. The van der Waals surface area contributed by atoms with Gasteiger partial charge in [0, 0.05) is 31.1 Å². The molecule has 0 atom stereocenters. The number of likely N-dealkylation sites (tertiary alicyclic amines) is 1. The number of ether oxygens (including phenoxy) is 2. The van der Waals surface area contributed by atoms with Gasteiger partial charge in [0.2, 0.25) is 5.91 Å². The number of nitro benzene ring substituents is 1. The Balaban J connectivity index is 1.79. The first kappa shape index (κ1) is 24.0. The molecule has 0 radical (unpaired) electrons. The van der Waals surface area contributed by atoms with E-state index in [9.17, 15) is 19.7 Å². The van der Waals surface area contributed by atoms with E-state index < -0.39 is 10.8 Å². The van der Waals surface area contributed by atoms with Gasteiger partial charge in [-0.2, -0.15) is 0 Å². The van der Waals surface area contributed by atoms with Crippen molar-refractivity contribution in [3.8, 4) is 11.5 Å². The molecule has 176 valence electrons.